The number of hydrogen-bond donors (Lipinski definition) is 3. The molecule has 2 atom stereocenters. The lowest BCUT2D eigenvalue weighted by Crippen LogP contribution is -2.27. The molecular weight excluding hydrogens is 390 g/mol. The van der Waals surface area contributed by atoms with Gasteiger partial charge in [0, 0.05) is 4.13 Å². The van der Waals surface area contributed by atoms with Gasteiger partial charge in [-0.05, 0) is 47.5 Å². The summed E-state index contributed by atoms with van der Waals surface area (Å²) in [6, 6.07) is 9.33. The van der Waals surface area contributed by atoms with Crippen molar-refractivity contribution in [3.63, 3.8) is 0 Å². The smallest absolute Gasteiger partial charge is 0.161 e. The number of nitrogens with one attached hydrogen (secondary N) is 1. The van der Waals surface area contributed by atoms with E-state index in [1.54, 1.807) is 36.4 Å². The molecule has 0 aliphatic rings. The number of methoxy groups -OCH3 is 2. The molecule has 0 aliphatic heterocycles. The summed E-state index contributed by atoms with van der Waals surface area (Å²) < 4.78 is 36.3. The van der Waals surface area contributed by atoms with Gasteiger partial charge < -0.3 is 28.8 Å². The molecular formula is C18H19NO6S2. The number of phenolic OH excluding ortho intramolecular Hbond substituents is 2. The summed E-state index contributed by atoms with van der Waals surface area (Å²) in [5.41, 5.74) is 1.33. The van der Waals surface area contributed by atoms with Gasteiger partial charge in [0.25, 0.3) is 0 Å². The van der Waals surface area contributed by atoms with Gasteiger partial charge in [0.2, 0.25) is 0 Å². The van der Waals surface area contributed by atoms with Gasteiger partial charge >= 0.3 is 0 Å². The minimum Gasteiger partial charge on any atom is -0.590 e. The summed E-state index contributed by atoms with van der Waals surface area (Å²) >= 11 is -3.36. The molecule has 0 saturated carbocycles. The number of ether oxygens (including phenoxy) is 2. The maximum absolute atomic E-state index is 12.0. The van der Waals surface area contributed by atoms with E-state index in [0.717, 1.165) is 0 Å². The number of hydrogen-bond acceptors (Lipinski definition) is 7. The minimum atomic E-state index is -1.68. The average Bonchev–Trinajstić information content (AvgIpc) is 2.66. The van der Waals surface area contributed by atoms with Gasteiger partial charge in [-0.1, -0.05) is 12.1 Å². The summed E-state index contributed by atoms with van der Waals surface area (Å²) in [7, 11) is 2.86. The van der Waals surface area contributed by atoms with E-state index < -0.39 is 22.7 Å². The molecule has 0 aliphatic carbocycles. The Hall–Kier alpha value is -2.30. The Bertz CT molecular complexity index is 760. The normalized spacial score (nSPS) is 13.8. The molecule has 0 saturated heterocycles. The van der Waals surface area contributed by atoms with Crippen LogP contribution in [0.1, 0.15) is 11.1 Å². The molecule has 2 unspecified atom stereocenters. The zero-order valence-corrected chi connectivity index (χ0v) is 16.3. The maximum atomic E-state index is 12.0. The highest BCUT2D eigenvalue weighted by atomic mass is 32.3. The molecule has 2 aromatic carbocycles. The van der Waals surface area contributed by atoms with Crippen LogP contribution in [0, 0.1) is 0 Å². The molecule has 2 aromatic rings. The summed E-state index contributed by atoms with van der Waals surface area (Å²) in [6.07, 6.45) is 3.10. The second kappa shape index (κ2) is 10.1. The van der Waals surface area contributed by atoms with E-state index >= 15 is 0 Å². The van der Waals surface area contributed by atoms with Crippen molar-refractivity contribution in [2.24, 2.45) is 0 Å². The molecule has 2 rings (SSSR count). The van der Waals surface area contributed by atoms with Crippen LogP contribution in [0.15, 0.2) is 47.2 Å². The summed E-state index contributed by atoms with van der Waals surface area (Å²) in [5.74, 6) is 0.607. The van der Waals surface area contributed by atoms with E-state index in [0.29, 0.717) is 22.6 Å². The van der Waals surface area contributed by atoms with Gasteiger partial charge in [-0.15, -0.1) is 0 Å². The summed E-state index contributed by atoms with van der Waals surface area (Å²) in [4.78, 5) is 0. The van der Waals surface area contributed by atoms with Gasteiger partial charge in [-0.2, -0.15) is 0 Å². The first-order chi connectivity index (χ1) is 12.9. The molecule has 0 amide bonds. The fraction of sp³-hybridized carbons (Fsp3) is 0.111. The first-order valence-electron chi connectivity index (χ1n) is 7.61. The quantitative estimate of drug-likeness (QED) is 0.574. The molecule has 27 heavy (non-hydrogen) atoms. The first-order valence-corrected chi connectivity index (χ1v) is 10.0. The maximum Gasteiger partial charge on any atom is 0.161 e. The molecule has 7 nitrogen and oxygen atoms in total. The molecule has 0 spiro atoms. The Morgan fingerprint density at radius 3 is 1.59 bits per heavy atom. The van der Waals surface area contributed by atoms with Crippen LogP contribution in [-0.2, 0) is 22.7 Å². The second-order valence-corrected chi connectivity index (χ2v) is 7.55. The third kappa shape index (κ3) is 6.42. The fourth-order valence-corrected chi connectivity index (χ4v) is 3.67. The fourth-order valence-electron chi connectivity index (χ4n) is 2.01. The monoisotopic (exact) mass is 409 g/mol. The molecule has 9 heteroatoms. The van der Waals surface area contributed by atoms with E-state index in [1.165, 1.54) is 37.2 Å². The first kappa shape index (κ1) is 21.0. The van der Waals surface area contributed by atoms with Crippen molar-refractivity contribution in [2.75, 3.05) is 14.2 Å². The third-order valence-electron chi connectivity index (χ3n) is 3.34. The second-order valence-electron chi connectivity index (χ2n) is 5.15. The molecule has 0 aromatic heterocycles. The highest BCUT2D eigenvalue weighted by Gasteiger charge is 2.12. The van der Waals surface area contributed by atoms with Crippen LogP contribution in [0.3, 0.4) is 0 Å². The van der Waals surface area contributed by atoms with Crippen LogP contribution in [0.5, 0.6) is 23.0 Å². The predicted molar refractivity (Wildman–Crippen MR) is 107 cm³/mol. The number of aromatic hydroxyl groups is 2. The van der Waals surface area contributed by atoms with Crippen molar-refractivity contribution in [1.82, 2.24) is 4.13 Å². The van der Waals surface area contributed by atoms with Gasteiger partial charge in [-0.3, -0.25) is 0 Å². The molecule has 144 valence electrons. The van der Waals surface area contributed by atoms with Crippen LogP contribution in [0.2, 0.25) is 0 Å². The Labute approximate surface area is 163 Å². The largest absolute Gasteiger partial charge is 0.590 e. The number of phenols is 2. The highest BCUT2D eigenvalue weighted by molar-refractivity contribution is 8.07. The van der Waals surface area contributed by atoms with Gasteiger partial charge in [0.1, 0.15) is 33.5 Å². The van der Waals surface area contributed by atoms with E-state index in [1.807, 2.05) is 0 Å². The lowest BCUT2D eigenvalue weighted by Gasteiger charge is -2.07. The molecule has 3 N–H and O–H groups in total. The van der Waals surface area contributed by atoms with Crippen LogP contribution < -0.4 is 13.6 Å². The zero-order chi connectivity index (χ0) is 19.8. The van der Waals surface area contributed by atoms with Crippen LogP contribution >= 0.6 is 0 Å². The molecule has 0 bridgehead atoms. The lowest BCUT2D eigenvalue weighted by molar-refractivity contribution is 0.373. The topological polar surface area (TPSA) is 117 Å². The van der Waals surface area contributed by atoms with Crippen molar-refractivity contribution >= 4 is 34.9 Å². The van der Waals surface area contributed by atoms with E-state index in [9.17, 15) is 19.3 Å². The van der Waals surface area contributed by atoms with Crippen molar-refractivity contribution in [1.29, 1.82) is 0 Å². The minimum absolute atomic E-state index is 0.00556. The Morgan fingerprint density at radius 1 is 0.815 bits per heavy atom. The van der Waals surface area contributed by atoms with Crippen molar-refractivity contribution in [3.8, 4) is 23.0 Å². The van der Waals surface area contributed by atoms with Crippen LogP contribution in [-0.4, -0.2) is 33.5 Å². The Morgan fingerprint density at radius 2 is 1.22 bits per heavy atom. The Balaban J connectivity index is 1.94. The predicted octanol–water partition coefficient (Wildman–Crippen LogP) is 2.67. The highest BCUT2D eigenvalue weighted by Crippen LogP contribution is 2.27. The Kier molecular flexibility index (Phi) is 7.89. The summed E-state index contributed by atoms with van der Waals surface area (Å²) in [6.45, 7) is 0. The number of rotatable bonds is 8. The molecule has 0 fully saturated rings. The SMILES string of the molecule is COc1cc(C=C[S+]([O-])N[S+]([O-])C=Cc2ccc(O)c(OC)c2)ccc1O. The van der Waals surface area contributed by atoms with Gasteiger partial charge in [0.15, 0.2) is 23.0 Å². The third-order valence-corrected chi connectivity index (χ3v) is 5.42. The number of benzene rings is 2. The van der Waals surface area contributed by atoms with Gasteiger partial charge in [0.05, 0.1) is 14.2 Å². The average molecular weight is 409 g/mol. The van der Waals surface area contributed by atoms with Crippen LogP contribution in [0.25, 0.3) is 12.2 Å². The lowest BCUT2D eigenvalue weighted by atomic mass is 10.2. The van der Waals surface area contributed by atoms with Gasteiger partial charge in [-0.25, -0.2) is 0 Å². The van der Waals surface area contributed by atoms with Crippen molar-refractivity contribution < 1.29 is 28.8 Å². The van der Waals surface area contributed by atoms with E-state index in [2.05, 4.69) is 4.13 Å². The molecule has 0 radical (unpaired) electrons. The standard InChI is InChI=1S/C18H19NO6S2/c1-24-17-11-13(3-5-15(17)20)7-9-26(22)19-27(23)10-8-14-4-6-16(21)18(12-14)25-2/h3-12,19-21H,1-2H3. The van der Waals surface area contributed by atoms with E-state index in [4.69, 9.17) is 9.47 Å². The van der Waals surface area contributed by atoms with Crippen LogP contribution in [0.4, 0.5) is 0 Å². The van der Waals surface area contributed by atoms with E-state index in [-0.39, 0.29) is 11.5 Å². The summed E-state index contributed by atoms with van der Waals surface area (Å²) in [5, 5.41) is 21.8. The van der Waals surface area contributed by atoms with Crippen molar-refractivity contribution in [3.05, 3.63) is 58.3 Å². The molecule has 0 heterocycles. The van der Waals surface area contributed by atoms with Crippen molar-refractivity contribution in [2.45, 2.75) is 0 Å². The zero-order valence-electron chi connectivity index (χ0n) is 14.6.